The molecule has 6 heteroatoms. The summed E-state index contributed by atoms with van der Waals surface area (Å²) in [4.78, 5) is 21.6. The molecule has 1 rings (SSSR count). The Morgan fingerprint density at radius 2 is 2.12 bits per heavy atom. The van der Waals surface area contributed by atoms with Crippen LogP contribution in [0, 0.1) is 17.2 Å². The number of hydrogen-bond donors (Lipinski definition) is 0. The zero-order chi connectivity index (χ0) is 12.8. The van der Waals surface area contributed by atoms with E-state index < -0.39 is 30.1 Å². The molecule has 0 aromatic rings. The molecule has 0 N–H and O–H groups in total. The topological polar surface area (TPSA) is 85.6 Å². The fraction of sp³-hybridized carbons (Fsp3) is 0.545. The standard InChI is InChI=1S/C11H13NO5/c1-7(13)16-6-10-11(17-8(2)14)9(5-12)3-4-15-10/h3-4,9-11H,6H2,1-2H3/t9-,10-,11+/m1/s1. The minimum atomic E-state index is -0.762. The summed E-state index contributed by atoms with van der Waals surface area (Å²) in [6.45, 7) is 2.45. The monoisotopic (exact) mass is 239 g/mol. The number of ether oxygens (including phenoxy) is 3. The molecule has 0 spiro atoms. The summed E-state index contributed by atoms with van der Waals surface area (Å²) < 4.78 is 15.0. The largest absolute Gasteiger partial charge is 0.491 e. The van der Waals surface area contributed by atoms with Crippen molar-refractivity contribution in [2.75, 3.05) is 6.61 Å². The maximum atomic E-state index is 10.9. The van der Waals surface area contributed by atoms with Gasteiger partial charge in [0.25, 0.3) is 0 Å². The maximum absolute atomic E-state index is 10.9. The SMILES string of the molecule is CC(=O)OC[C@H]1OC=C[C@H](C#N)[C@@H]1OC(C)=O. The maximum Gasteiger partial charge on any atom is 0.303 e. The smallest absolute Gasteiger partial charge is 0.303 e. The number of carbonyl (C=O) groups excluding carboxylic acids is 2. The second-order valence-electron chi connectivity index (χ2n) is 3.53. The molecule has 1 aliphatic heterocycles. The summed E-state index contributed by atoms with van der Waals surface area (Å²) in [5, 5.41) is 8.91. The van der Waals surface area contributed by atoms with Gasteiger partial charge in [0.1, 0.15) is 12.5 Å². The predicted octanol–water partition coefficient (Wildman–Crippen LogP) is 0.533. The van der Waals surface area contributed by atoms with Gasteiger partial charge in [0.2, 0.25) is 0 Å². The first-order valence-electron chi connectivity index (χ1n) is 5.07. The zero-order valence-corrected chi connectivity index (χ0v) is 9.58. The van der Waals surface area contributed by atoms with Gasteiger partial charge in [-0.25, -0.2) is 0 Å². The number of esters is 2. The molecule has 0 fully saturated rings. The zero-order valence-electron chi connectivity index (χ0n) is 9.58. The molecular weight excluding hydrogens is 226 g/mol. The van der Waals surface area contributed by atoms with Crippen molar-refractivity contribution < 1.29 is 23.8 Å². The van der Waals surface area contributed by atoms with E-state index >= 15 is 0 Å². The van der Waals surface area contributed by atoms with Crippen molar-refractivity contribution >= 4 is 11.9 Å². The lowest BCUT2D eigenvalue weighted by molar-refractivity contribution is -0.162. The molecule has 1 heterocycles. The van der Waals surface area contributed by atoms with Crippen molar-refractivity contribution in [1.82, 2.24) is 0 Å². The van der Waals surface area contributed by atoms with Crippen LogP contribution >= 0.6 is 0 Å². The van der Waals surface area contributed by atoms with Crippen LogP contribution in [-0.4, -0.2) is 30.8 Å². The minimum Gasteiger partial charge on any atom is -0.491 e. The average Bonchev–Trinajstić information content (AvgIpc) is 2.26. The molecule has 0 amide bonds. The van der Waals surface area contributed by atoms with E-state index in [1.54, 1.807) is 0 Å². The molecule has 0 saturated carbocycles. The normalized spacial score (nSPS) is 26.5. The molecule has 0 aromatic heterocycles. The van der Waals surface area contributed by atoms with Crippen molar-refractivity contribution in [2.45, 2.75) is 26.1 Å². The van der Waals surface area contributed by atoms with Crippen LogP contribution in [0.5, 0.6) is 0 Å². The summed E-state index contributed by atoms with van der Waals surface area (Å²) in [5.41, 5.74) is 0. The van der Waals surface area contributed by atoms with E-state index in [9.17, 15) is 9.59 Å². The lowest BCUT2D eigenvalue weighted by Crippen LogP contribution is -2.42. The molecule has 0 saturated heterocycles. The summed E-state index contributed by atoms with van der Waals surface area (Å²) >= 11 is 0. The Morgan fingerprint density at radius 3 is 2.65 bits per heavy atom. The molecule has 17 heavy (non-hydrogen) atoms. The van der Waals surface area contributed by atoms with Crippen molar-refractivity contribution in [3.05, 3.63) is 12.3 Å². The number of rotatable bonds is 3. The molecule has 0 bridgehead atoms. The summed E-state index contributed by atoms with van der Waals surface area (Å²) in [7, 11) is 0. The number of nitriles is 1. The number of carbonyl (C=O) groups is 2. The highest BCUT2D eigenvalue weighted by molar-refractivity contribution is 5.66. The molecule has 6 nitrogen and oxygen atoms in total. The predicted molar refractivity (Wildman–Crippen MR) is 55.3 cm³/mol. The van der Waals surface area contributed by atoms with Crippen LogP contribution in [0.3, 0.4) is 0 Å². The molecule has 1 aliphatic rings. The van der Waals surface area contributed by atoms with Crippen molar-refractivity contribution in [3.8, 4) is 6.07 Å². The highest BCUT2D eigenvalue weighted by Gasteiger charge is 2.35. The molecule has 92 valence electrons. The summed E-state index contributed by atoms with van der Waals surface area (Å²) in [6.07, 6.45) is 1.43. The van der Waals surface area contributed by atoms with Crippen LogP contribution in [0.15, 0.2) is 12.3 Å². The van der Waals surface area contributed by atoms with Crippen molar-refractivity contribution in [2.24, 2.45) is 5.92 Å². The van der Waals surface area contributed by atoms with Gasteiger partial charge < -0.3 is 14.2 Å². The Hall–Kier alpha value is -2.03. The van der Waals surface area contributed by atoms with Crippen LogP contribution in [-0.2, 0) is 23.8 Å². The Kier molecular flexibility index (Phi) is 4.52. The van der Waals surface area contributed by atoms with Gasteiger partial charge in [-0.05, 0) is 6.08 Å². The van der Waals surface area contributed by atoms with Gasteiger partial charge in [-0.3, -0.25) is 9.59 Å². The van der Waals surface area contributed by atoms with E-state index in [-0.39, 0.29) is 6.61 Å². The van der Waals surface area contributed by atoms with E-state index in [4.69, 9.17) is 19.5 Å². The first kappa shape index (κ1) is 13.0. The lowest BCUT2D eigenvalue weighted by Gasteiger charge is -2.30. The first-order chi connectivity index (χ1) is 8.04. The van der Waals surface area contributed by atoms with Gasteiger partial charge in [-0.2, -0.15) is 5.26 Å². The van der Waals surface area contributed by atoms with Crippen LogP contribution in [0.1, 0.15) is 13.8 Å². The average molecular weight is 239 g/mol. The van der Waals surface area contributed by atoms with Gasteiger partial charge in [0.05, 0.1) is 12.3 Å². The minimum absolute atomic E-state index is 0.0597. The van der Waals surface area contributed by atoms with Gasteiger partial charge in [-0.1, -0.05) is 0 Å². The molecule has 0 radical (unpaired) electrons. The Bertz CT molecular complexity index is 371. The van der Waals surface area contributed by atoms with Crippen molar-refractivity contribution in [3.63, 3.8) is 0 Å². The summed E-state index contributed by atoms with van der Waals surface area (Å²) in [6, 6.07) is 1.99. The van der Waals surface area contributed by atoms with E-state index in [1.807, 2.05) is 6.07 Å². The highest BCUT2D eigenvalue weighted by Crippen LogP contribution is 2.21. The van der Waals surface area contributed by atoms with Crippen LogP contribution in [0.4, 0.5) is 0 Å². The van der Waals surface area contributed by atoms with E-state index in [0.717, 1.165) is 0 Å². The Labute approximate surface area is 98.7 Å². The van der Waals surface area contributed by atoms with E-state index in [1.165, 1.54) is 26.2 Å². The van der Waals surface area contributed by atoms with E-state index in [2.05, 4.69) is 0 Å². The Morgan fingerprint density at radius 1 is 1.41 bits per heavy atom. The molecule has 0 aliphatic carbocycles. The third-order valence-corrected chi connectivity index (χ3v) is 2.16. The highest BCUT2D eigenvalue weighted by atomic mass is 16.6. The third-order valence-electron chi connectivity index (χ3n) is 2.16. The van der Waals surface area contributed by atoms with E-state index in [0.29, 0.717) is 0 Å². The van der Waals surface area contributed by atoms with Crippen LogP contribution in [0.2, 0.25) is 0 Å². The first-order valence-corrected chi connectivity index (χ1v) is 5.07. The van der Waals surface area contributed by atoms with Crippen LogP contribution < -0.4 is 0 Å². The second kappa shape index (κ2) is 5.89. The van der Waals surface area contributed by atoms with Crippen LogP contribution in [0.25, 0.3) is 0 Å². The molecule has 0 aromatic carbocycles. The molecular formula is C11H13NO5. The Balaban J connectivity index is 2.72. The van der Waals surface area contributed by atoms with Crippen molar-refractivity contribution in [1.29, 1.82) is 5.26 Å². The van der Waals surface area contributed by atoms with Gasteiger partial charge in [-0.15, -0.1) is 0 Å². The van der Waals surface area contributed by atoms with Gasteiger partial charge in [0, 0.05) is 13.8 Å². The van der Waals surface area contributed by atoms with Gasteiger partial charge >= 0.3 is 11.9 Å². The number of hydrogen-bond acceptors (Lipinski definition) is 6. The fourth-order valence-electron chi connectivity index (χ4n) is 1.44. The fourth-order valence-corrected chi connectivity index (χ4v) is 1.44. The molecule has 3 atom stereocenters. The lowest BCUT2D eigenvalue weighted by atomic mass is 9.97. The second-order valence-corrected chi connectivity index (χ2v) is 3.53. The quantitative estimate of drug-likeness (QED) is 0.668. The summed E-state index contributed by atoms with van der Waals surface area (Å²) in [5.74, 6) is -1.58. The van der Waals surface area contributed by atoms with Gasteiger partial charge in [0.15, 0.2) is 12.2 Å². The molecule has 0 unspecified atom stereocenters. The third kappa shape index (κ3) is 3.79. The number of nitrogens with zero attached hydrogens (tertiary/aromatic N) is 1.